The van der Waals surface area contributed by atoms with E-state index >= 15 is 0 Å². The fraction of sp³-hybridized carbons (Fsp3) is 0.154. The Morgan fingerprint density at radius 3 is 2.53 bits per heavy atom. The van der Waals surface area contributed by atoms with Gasteiger partial charge < -0.3 is 4.74 Å². The second kappa shape index (κ2) is 4.74. The maximum Gasteiger partial charge on any atom is 0.356 e. The number of ether oxygens (including phenoxy) is 1. The van der Waals surface area contributed by atoms with Gasteiger partial charge in [0.25, 0.3) is 0 Å². The van der Waals surface area contributed by atoms with Crippen LogP contribution >= 0.6 is 0 Å². The van der Waals surface area contributed by atoms with Crippen LogP contribution in [0.15, 0.2) is 36.7 Å². The fourth-order valence-corrected chi connectivity index (χ4v) is 1.46. The van der Waals surface area contributed by atoms with E-state index in [1.807, 2.05) is 31.2 Å². The summed E-state index contributed by atoms with van der Waals surface area (Å²) >= 11 is 0. The summed E-state index contributed by atoms with van der Waals surface area (Å²) < 4.78 is 4.62. The molecular formula is C13H12N2O2. The summed E-state index contributed by atoms with van der Waals surface area (Å²) in [5.41, 5.74) is 3.10. The number of hydrogen-bond donors (Lipinski definition) is 0. The molecule has 0 atom stereocenters. The average molecular weight is 228 g/mol. The molecule has 0 amide bonds. The van der Waals surface area contributed by atoms with Crippen molar-refractivity contribution in [3.8, 4) is 11.3 Å². The largest absolute Gasteiger partial charge is 0.464 e. The molecule has 0 fully saturated rings. The minimum atomic E-state index is -0.458. The first kappa shape index (κ1) is 11.3. The summed E-state index contributed by atoms with van der Waals surface area (Å²) in [6.07, 6.45) is 1.36. The van der Waals surface area contributed by atoms with Crippen LogP contribution in [0.5, 0.6) is 0 Å². The molecule has 0 N–H and O–H groups in total. The highest BCUT2D eigenvalue weighted by Gasteiger charge is 2.09. The zero-order valence-electron chi connectivity index (χ0n) is 9.68. The van der Waals surface area contributed by atoms with Gasteiger partial charge in [-0.3, -0.25) is 0 Å². The Morgan fingerprint density at radius 2 is 1.88 bits per heavy atom. The molecule has 4 heteroatoms. The summed E-state index contributed by atoms with van der Waals surface area (Å²) in [4.78, 5) is 19.3. The molecule has 0 aliphatic rings. The van der Waals surface area contributed by atoms with Crippen LogP contribution < -0.4 is 0 Å². The van der Waals surface area contributed by atoms with Gasteiger partial charge in [0.15, 0.2) is 5.69 Å². The van der Waals surface area contributed by atoms with Crippen LogP contribution in [0.25, 0.3) is 11.3 Å². The van der Waals surface area contributed by atoms with Gasteiger partial charge in [0.05, 0.1) is 12.8 Å². The van der Waals surface area contributed by atoms with Crippen LogP contribution in [0, 0.1) is 6.92 Å². The van der Waals surface area contributed by atoms with E-state index in [-0.39, 0.29) is 5.69 Å². The molecule has 4 nitrogen and oxygen atoms in total. The van der Waals surface area contributed by atoms with Gasteiger partial charge in [-0.2, -0.15) is 0 Å². The molecule has 0 bridgehead atoms. The van der Waals surface area contributed by atoms with E-state index in [9.17, 15) is 4.79 Å². The number of aromatic nitrogens is 2. The minimum absolute atomic E-state index is 0.262. The van der Waals surface area contributed by atoms with E-state index in [0.717, 1.165) is 5.56 Å². The Morgan fingerprint density at radius 1 is 1.18 bits per heavy atom. The lowest BCUT2D eigenvalue weighted by molar-refractivity contribution is 0.0594. The van der Waals surface area contributed by atoms with E-state index in [0.29, 0.717) is 5.69 Å². The molecule has 0 aliphatic heterocycles. The molecule has 1 aromatic heterocycles. The average Bonchev–Trinajstić information content (AvgIpc) is 2.39. The van der Waals surface area contributed by atoms with E-state index < -0.39 is 5.97 Å². The molecule has 0 saturated heterocycles. The zero-order chi connectivity index (χ0) is 12.3. The predicted octanol–water partition coefficient (Wildman–Crippen LogP) is 2.24. The molecule has 2 aromatic rings. The number of methoxy groups -OCH3 is 1. The minimum Gasteiger partial charge on any atom is -0.464 e. The van der Waals surface area contributed by atoms with Crippen molar-refractivity contribution in [2.24, 2.45) is 0 Å². The van der Waals surface area contributed by atoms with Crippen molar-refractivity contribution in [1.82, 2.24) is 9.97 Å². The van der Waals surface area contributed by atoms with Gasteiger partial charge in [-0.1, -0.05) is 29.8 Å². The highest BCUT2D eigenvalue weighted by atomic mass is 16.5. The molecule has 0 spiro atoms. The van der Waals surface area contributed by atoms with Crippen molar-refractivity contribution in [1.29, 1.82) is 0 Å². The fourth-order valence-electron chi connectivity index (χ4n) is 1.46. The van der Waals surface area contributed by atoms with Gasteiger partial charge >= 0.3 is 5.97 Å². The third-order valence-corrected chi connectivity index (χ3v) is 2.41. The lowest BCUT2D eigenvalue weighted by atomic mass is 10.1. The Labute approximate surface area is 99.3 Å². The number of carbonyl (C=O) groups is 1. The third kappa shape index (κ3) is 2.47. The van der Waals surface area contributed by atoms with E-state index in [1.54, 1.807) is 6.07 Å². The van der Waals surface area contributed by atoms with Gasteiger partial charge in [-0.05, 0) is 13.0 Å². The van der Waals surface area contributed by atoms with Crippen molar-refractivity contribution < 1.29 is 9.53 Å². The first-order valence-corrected chi connectivity index (χ1v) is 5.18. The van der Waals surface area contributed by atoms with Crippen LogP contribution in [-0.2, 0) is 4.74 Å². The van der Waals surface area contributed by atoms with Gasteiger partial charge in [0.1, 0.15) is 6.33 Å². The third-order valence-electron chi connectivity index (χ3n) is 2.41. The Balaban J connectivity index is 2.39. The Bertz CT molecular complexity index is 535. The molecule has 0 saturated carbocycles. The predicted molar refractivity (Wildman–Crippen MR) is 63.5 cm³/mol. The SMILES string of the molecule is COC(=O)c1cc(-c2ccc(C)cc2)ncn1. The summed E-state index contributed by atoms with van der Waals surface area (Å²) in [6, 6.07) is 9.53. The topological polar surface area (TPSA) is 52.1 Å². The second-order valence-corrected chi connectivity index (χ2v) is 3.65. The number of esters is 1. The van der Waals surface area contributed by atoms with Gasteiger partial charge in [-0.15, -0.1) is 0 Å². The quantitative estimate of drug-likeness (QED) is 0.740. The first-order valence-electron chi connectivity index (χ1n) is 5.18. The summed E-state index contributed by atoms with van der Waals surface area (Å²) in [7, 11) is 1.33. The number of hydrogen-bond acceptors (Lipinski definition) is 4. The lowest BCUT2D eigenvalue weighted by Gasteiger charge is -2.03. The van der Waals surface area contributed by atoms with Gasteiger partial charge in [0.2, 0.25) is 0 Å². The molecule has 17 heavy (non-hydrogen) atoms. The normalized spacial score (nSPS) is 10.0. The van der Waals surface area contributed by atoms with Crippen molar-refractivity contribution in [2.75, 3.05) is 7.11 Å². The molecule has 1 heterocycles. The number of carbonyl (C=O) groups excluding carboxylic acids is 1. The van der Waals surface area contributed by atoms with E-state index in [2.05, 4.69) is 14.7 Å². The van der Waals surface area contributed by atoms with Crippen LogP contribution in [0.2, 0.25) is 0 Å². The molecule has 86 valence electrons. The number of aryl methyl sites for hydroxylation is 1. The highest BCUT2D eigenvalue weighted by Crippen LogP contribution is 2.17. The maximum atomic E-state index is 11.3. The molecule has 0 radical (unpaired) electrons. The monoisotopic (exact) mass is 228 g/mol. The number of rotatable bonds is 2. The summed E-state index contributed by atoms with van der Waals surface area (Å²) in [5, 5.41) is 0. The number of nitrogens with zero attached hydrogens (tertiary/aromatic N) is 2. The van der Waals surface area contributed by atoms with Crippen molar-refractivity contribution >= 4 is 5.97 Å². The first-order chi connectivity index (χ1) is 8.20. The standard InChI is InChI=1S/C13H12N2O2/c1-9-3-5-10(6-4-9)11-7-12(13(16)17-2)15-8-14-11/h3-8H,1-2H3. The van der Waals surface area contributed by atoms with Crippen molar-refractivity contribution in [3.63, 3.8) is 0 Å². The molecule has 0 aliphatic carbocycles. The Hall–Kier alpha value is -2.23. The molecule has 0 unspecified atom stereocenters. The summed E-state index contributed by atoms with van der Waals surface area (Å²) in [6.45, 7) is 2.02. The van der Waals surface area contributed by atoms with E-state index in [1.165, 1.54) is 19.0 Å². The zero-order valence-corrected chi connectivity index (χ0v) is 9.68. The lowest BCUT2D eigenvalue weighted by Crippen LogP contribution is -2.04. The van der Waals surface area contributed by atoms with Gasteiger partial charge in [-0.25, -0.2) is 14.8 Å². The van der Waals surface area contributed by atoms with Gasteiger partial charge in [0, 0.05) is 5.56 Å². The highest BCUT2D eigenvalue weighted by molar-refractivity contribution is 5.88. The molecule has 2 rings (SSSR count). The summed E-state index contributed by atoms with van der Waals surface area (Å²) in [5.74, 6) is -0.458. The van der Waals surface area contributed by atoms with Crippen LogP contribution in [0.1, 0.15) is 16.1 Å². The maximum absolute atomic E-state index is 11.3. The van der Waals surface area contributed by atoms with Crippen LogP contribution in [0.3, 0.4) is 0 Å². The molecule has 1 aromatic carbocycles. The number of benzene rings is 1. The van der Waals surface area contributed by atoms with Crippen molar-refractivity contribution in [3.05, 3.63) is 47.9 Å². The molecular weight excluding hydrogens is 216 g/mol. The smallest absolute Gasteiger partial charge is 0.356 e. The van der Waals surface area contributed by atoms with Crippen molar-refractivity contribution in [2.45, 2.75) is 6.92 Å². The van der Waals surface area contributed by atoms with Crippen LogP contribution in [-0.4, -0.2) is 23.0 Å². The van der Waals surface area contributed by atoms with Crippen LogP contribution in [0.4, 0.5) is 0 Å². The Kier molecular flexibility index (Phi) is 3.14. The van der Waals surface area contributed by atoms with E-state index in [4.69, 9.17) is 0 Å². The second-order valence-electron chi connectivity index (χ2n) is 3.65.